The van der Waals surface area contributed by atoms with Crippen molar-refractivity contribution in [1.82, 2.24) is 4.90 Å². The molecule has 3 N–H and O–H groups in total. The van der Waals surface area contributed by atoms with Gasteiger partial charge < -0.3 is 10.8 Å². The van der Waals surface area contributed by atoms with Gasteiger partial charge in [-0.2, -0.15) is 0 Å². The van der Waals surface area contributed by atoms with Crippen molar-refractivity contribution >= 4 is 5.69 Å². The Morgan fingerprint density at radius 3 is 2.94 bits per heavy atom. The first kappa shape index (κ1) is 12.3. The molecule has 1 fully saturated rings. The smallest absolute Gasteiger partial charge is 0.146 e. The van der Waals surface area contributed by atoms with E-state index in [4.69, 9.17) is 5.73 Å². The Morgan fingerprint density at radius 1 is 1.59 bits per heavy atom. The van der Waals surface area contributed by atoms with E-state index in [9.17, 15) is 9.50 Å². The van der Waals surface area contributed by atoms with Crippen LogP contribution in [0.4, 0.5) is 10.1 Å². The van der Waals surface area contributed by atoms with Crippen LogP contribution in [0.3, 0.4) is 0 Å². The summed E-state index contributed by atoms with van der Waals surface area (Å²) in [5, 5.41) is 9.51. The van der Waals surface area contributed by atoms with Crippen molar-refractivity contribution in [3.63, 3.8) is 0 Å². The first-order valence-electron chi connectivity index (χ1n) is 6.00. The van der Waals surface area contributed by atoms with Crippen molar-refractivity contribution < 1.29 is 9.50 Å². The molecule has 1 aliphatic rings. The number of aliphatic hydroxyl groups is 1. The molecule has 1 aromatic carbocycles. The van der Waals surface area contributed by atoms with Crippen LogP contribution in [0.2, 0.25) is 0 Å². The predicted octanol–water partition coefficient (Wildman–Crippen LogP) is 1.61. The summed E-state index contributed by atoms with van der Waals surface area (Å²) in [5.41, 5.74) is 6.56. The third kappa shape index (κ3) is 2.96. The van der Waals surface area contributed by atoms with Gasteiger partial charge in [-0.1, -0.05) is 6.07 Å². The van der Waals surface area contributed by atoms with Gasteiger partial charge in [0.2, 0.25) is 0 Å². The summed E-state index contributed by atoms with van der Waals surface area (Å²) < 4.78 is 13.3. The Hall–Kier alpha value is -1.13. The number of rotatable bonds is 3. The van der Waals surface area contributed by atoms with Crippen molar-refractivity contribution in [1.29, 1.82) is 0 Å². The lowest BCUT2D eigenvalue weighted by Gasteiger charge is -2.17. The topological polar surface area (TPSA) is 49.5 Å². The SMILES string of the molecule is CC(O)C1CCN(Cc2ccc(N)c(F)c2)C1. The van der Waals surface area contributed by atoms with Crippen molar-refractivity contribution in [2.75, 3.05) is 18.8 Å². The van der Waals surface area contributed by atoms with Crippen LogP contribution in [-0.4, -0.2) is 29.2 Å². The zero-order valence-electron chi connectivity index (χ0n) is 10.1. The minimum Gasteiger partial charge on any atom is -0.396 e. The van der Waals surface area contributed by atoms with Crippen LogP contribution < -0.4 is 5.73 Å². The van der Waals surface area contributed by atoms with E-state index in [-0.39, 0.29) is 17.6 Å². The van der Waals surface area contributed by atoms with Gasteiger partial charge in [0.15, 0.2) is 0 Å². The first-order valence-corrected chi connectivity index (χ1v) is 6.00. The van der Waals surface area contributed by atoms with Gasteiger partial charge in [-0.15, -0.1) is 0 Å². The van der Waals surface area contributed by atoms with E-state index < -0.39 is 0 Å². The van der Waals surface area contributed by atoms with E-state index in [0.717, 1.165) is 31.6 Å². The number of halogens is 1. The monoisotopic (exact) mass is 238 g/mol. The van der Waals surface area contributed by atoms with Crippen LogP contribution in [-0.2, 0) is 6.54 Å². The number of likely N-dealkylation sites (tertiary alicyclic amines) is 1. The van der Waals surface area contributed by atoms with Crippen molar-refractivity contribution in [3.8, 4) is 0 Å². The molecule has 2 unspecified atom stereocenters. The van der Waals surface area contributed by atoms with Gasteiger partial charge in [0.25, 0.3) is 0 Å². The molecular formula is C13H19FN2O. The molecule has 1 saturated heterocycles. The maximum absolute atomic E-state index is 13.3. The van der Waals surface area contributed by atoms with E-state index in [1.165, 1.54) is 6.07 Å². The second-order valence-electron chi connectivity index (χ2n) is 4.88. The second kappa shape index (κ2) is 5.02. The number of nitrogens with zero attached hydrogens (tertiary/aromatic N) is 1. The Morgan fingerprint density at radius 2 is 2.35 bits per heavy atom. The highest BCUT2D eigenvalue weighted by Crippen LogP contribution is 2.22. The van der Waals surface area contributed by atoms with Crippen molar-refractivity contribution in [2.45, 2.75) is 26.0 Å². The van der Waals surface area contributed by atoms with Gasteiger partial charge in [-0.25, -0.2) is 4.39 Å². The molecule has 0 radical (unpaired) electrons. The van der Waals surface area contributed by atoms with Gasteiger partial charge >= 0.3 is 0 Å². The lowest BCUT2D eigenvalue weighted by atomic mass is 10.0. The molecule has 0 aromatic heterocycles. The van der Waals surface area contributed by atoms with Crippen LogP contribution in [0, 0.1) is 11.7 Å². The molecule has 0 bridgehead atoms. The van der Waals surface area contributed by atoms with Gasteiger partial charge in [-0.3, -0.25) is 4.90 Å². The predicted molar refractivity (Wildman–Crippen MR) is 65.9 cm³/mol. The standard InChI is InChI=1S/C13H19FN2O/c1-9(17)11-4-5-16(8-11)7-10-2-3-13(15)12(14)6-10/h2-3,6,9,11,17H,4-5,7-8,15H2,1H3. The van der Waals surface area contributed by atoms with E-state index in [1.54, 1.807) is 6.07 Å². The summed E-state index contributed by atoms with van der Waals surface area (Å²) in [6, 6.07) is 4.95. The highest BCUT2D eigenvalue weighted by atomic mass is 19.1. The minimum atomic E-state index is -0.353. The fourth-order valence-corrected chi connectivity index (χ4v) is 2.33. The van der Waals surface area contributed by atoms with E-state index in [2.05, 4.69) is 4.90 Å². The molecule has 1 aliphatic heterocycles. The molecule has 2 rings (SSSR count). The van der Waals surface area contributed by atoms with E-state index in [0.29, 0.717) is 5.92 Å². The number of hydrogen-bond acceptors (Lipinski definition) is 3. The highest BCUT2D eigenvalue weighted by Gasteiger charge is 2.25. The second-order valence-corrected chi connectivity index (χ2v) is 4.88. The molecule has 1 aromatic rings. The largest absolute Gasteiger partial charge is 0.396 e. The Bertz CT molecular complexity index is 395. The highest BCUT2D eigenvalue weighted by molar-refractivity contribution is 5.41. The van der Waals surface area contributed by atoms with E-state index >= 15 is 0 Å². The number of anilines is 1. The van der Waals surface area contributed by atoms with Gasteiger partial charge in [0.1, 0.15) is 5.82 Å². The molecule has 4 heteroatoms. The zero-order chi connectivity index (χ0) is 12.4. The lowest BCUT2D eigenvalue weighted by Crippen LogP contribution is -2.24. The van der Waals surface area contributed by atoms with E-state index in [1.807, 2.05) is 13.0 Å². The number of benzene rings is 1. The fraction of sp³-hybridized carbons (Fsp3) is 0.538. The van der Waals surface area contributed by atoms with Crippen LogP contribution in [0.25, 0.3) is 0 Å². The maximum Gasteiger partial charge on any atom is 0.146 e. The number of hydrogen-bond donors (Lipinski definition) is 2. The molecule has 0 aliphatic carbocycles. The zero-order valence-corrected chi connectivity index (χ0v) is 10.1. The average molecular weight is 238 g/mol. The number of nitrogen functional groups attached to an aromatic ring is 1. The molecule has 94 valence electrons. The molecule has 0 saturated carbocycles. The summed E-state index contributed by atoms with van der Waals surface area (Å²) in [6.07, 6.45) is 0.748. The maximum atomic E-state index is 13.3. The third-order valence-electron chi connectivity index (χ3n) is 3.46. The summed E-state index contributed by atoms with van der Waals surface area (Å²) >= 11 is 0. The van der Waals surface area contributed by atoms with Crippen molar-refractivity contribution in [3.05, 3.63) is 29.6 Å². The molecule has 0 amide bonds. The number of nitrogens with two attached hydrogens (primary N) is 1. The lowest BCUT2D eigenvalue weighted by molar-refractivity contribution is 0.127. The average Bonchev–Trinajstić information content (AvgIpc) is 2.72. The third-order valence-corrected chi connectivity index (χ3v) is 3.46. The van der Waals surface area contributed by atoms with Gasteiger partial charge in [0.05, 0.1) is 11.8 Å². The van der Waals surface area contributed by atoms with Crippen LogP contribution in [0.5, 0.6) is 0 Å². The normalized spacial score (nSPS) is 22.9. The van der Waals surface area contributed by atoms with Crippen LogP contribution >= 0.6 is 0 Å². The Labute approximate surface area is 101 Å². The molecule has 17 heavy (non-hydrogen) atoms. The Kier molecular flexibility index (Phi) is 3.64. The minimum absolute atomic E-state index is 0.192. The number of aliphatic hydroxyl groups excluding tert-OH is 1. The summed E-state index contributed by atoms with van der Waals surface area (Å²) in [4.78, 5) is 2.24. The first-order chi connectivity index (χ1) is 8.06. The Balaban J connectivity index is 1.96. The quantitative estimate of drug-likeness (QED) is 0.787. The van der Waals surface area contributed by atoms with Crippen LogP contribution in [0.15, 0.2) is 18.2 Å². The van der Waals surface area contributed by atoms with Crippen LogP contribution in [0.1, 0.15) is 18.9 Å². The molecule has 0 spiro atoms. The van der Waals surface area contributed by atoms with Crippen molar-refractivity contribution in [2.24, 2.45) is 5.92 Å². The molecule has 1 heterocycles. The fourth-order valence-electron chi connectivity index (χ4n) is 2.33. The summed E-state index contributed by atoms with van der Waals surface area (Å²) in [5.74, 6) is -0.0117. The van der Waals surface area contributed by atoms with Gasteiger partial charge in [0, 0.05) is 13.1 Å². The molecule has 3 nitrogen and oxygen atoms in total. The molecular weight excluding hydrogens is 219 g/mol. The van der Waals surface area contributed by atoms with Gasteiger partial charge in [-0.05, 0) is 43.5 Å². The summed E-state index contributed by atoms with van der Waals surface area (Å²) in [7, 11) is 0. The molecule has 2 atom stereocenters. The summed E-state index contributed by atoms with van der Waals surface area (Å²) in [6.45, 7) is 4.39.